The van der Waals surface area contributed by atoms with Gasteiger partial charge in [0.1, 0.15) is 5.82 Å². The van der Waals surface area contributed by atoms with Crippen LogP contribution in [-0.4, -0.2) is 30.6 Å². The van der Waals surface area contributed by atoms with Crippen molar-refractivity contribution in [2.45, 2.75) is 45.7 Å². The van der Waals surface area contributed by atoms with Crippen LogP contribution in [0, 0.1) is 11.7 Å². The van der Waals surface area contributed by atoms with E-state index in [1.54, 1.807) is 6.07 Å². The van der Waals surface area contributed by atoms with Crippen molar-refractivity contribution in [2.24, 2.45) is 5.92 Å². The number of halogens is 2. The Morgan fingerprint density at radius 3 is 2.52 bits per heavy atom. The predicted octanol–water partition coefficient (Wildman–Crippen LogP) is 4.36. The third-order valence-corrected chi connectivity index (χ3v) is 4.93. The number of nitrogens with one attached hydrogen (secondary N) is 1. The number of rotatable bonds is 6. The van der Waals surface area contributed by atoms with Crippen molar-refractivity contribution in [3.63, 3.8) is 0 Å². The Morgan fingerprint density at radius 1 is 1.24 bits per heavy atom. The average molecular weight is 357 g/mol. The second-order valence-corrected chi connectivity index (χ2v) is 7.27. The fourth-order valence-electron chi connectivity index (χ4n) is 3.11. The Kier molecular flexibility index (Phi) is 6.20. The Morgan fingerprint density at radius 2 is 1.90 bits per heavy atom. The molecule has 1 aliphatic heterocycles. The van der Waals surface area contributed by atoms with Gasteiger partial charge in [-0.15, -0.1) is 0 Å². The zero-order chi connectivity index (χ0) is 15.4. The molecular formula is C17H26BrFN2. The highest BCUT2D eigenvalue weighted by Crippen LogP contribution is 2.23. The van der Waals surface area contributed by atoms with Gasteiger partial charge in [-0.3, -0.25) is 4.90 Å². The van der Waals surface area contributed by atoms with Crippen LogP contribution in [0.3, 0.4) is 0 Å². The lowest BCUT2D eigenvalue weighted by atomic mass is 10.0. The molecule has 0 radical (unpaired) electrons. The lowest BCUT2D eigenvalue weighted by Crippen LogP contribution is -2.44. The van der Waals surface area contributed by atoms with Crippen LogP contribution in [0.1, 0.15) is 45.2 Å². The molecule has 21 heavy (non-hydrogen) atoms. The summed E-state index contributed by atoms with van der Waals surface area (Å²) in [5.74, 6) is 0.468. The van der Waals surface area contributed by atoms with Crippen LogP contribution in [-0.2, 0) is 0 Å². The Bertz CT molecular complexity index is 458. The fourth-order valence-corrected chi connectivity index (χ4v) is 3.49. The highest BCUT2D eigenvalue weighted by atomic mass is 79.9. The van der Waals surface area contributed by atoms with Crippen molar-refractivity contribution >= 4 is 15.9 Å². The van der Waals surface area contributed by atoms with Gasteiger partial charge >= 0.3 is 0 Å². The molecule has 0 aromatic heterocycles. The Balaban J connectivity index is 1.98. The summed E-state index contributed by atoms with van der Waals surface area (Å²) in [5.41, 5.74) is 0.730. The molecule has 2 nitrogen and oxygen atoms in total. The second kappa shape index (κ2) is 7.70. The van der Waals surface area contributed by atoms with E-state index in [-0.39, 0.29) is 11.9 Å². The summed E-state index contributed by atoms with van der Waals surface area (Å²) in [5, 5.41) is 3.52. The SMILES string of the molecule is CC(NCC(C(C)C)N1CCCC1)c1cc(Br)ccc1F. The minimum absolute atomic E-state index is 0.0198. The van der Waals surface area contributed by atoms with Gasteiger partial charge in [-0.25, -0.2) is 4.39 Å². The summed E-state index contributed by atoms with van der Waals surface area (Å²) < 4.78 is 14.9. The number of likely N-dealkylation sites (tertiary alicyclic amines) is 1. The lowest BCUT2D eigenvalue weighted by Gasteiger charge is -2.32. The van der Waals surface area contributed by atoms with Crippen molar-refractivity contribution in [1.29, 1.82) is 0 Å². The zero-order valence-electron chi connectivity index (χ0n) is 13.2. The maximum absolute atomic E-state index is 13.9. The molecule has 1 N–H and O–H groups in total. The first-order chi connectivity index (χ1) is 9.99. The summed E-state index contributed by atoms with van der Waals surface area (Å²) in [6, 6.07) is 5.69. The highest BCUT2D eigenvalue weighted by Gasteiger charge is 2.25. The lowest BCUT2D eigenvalue weighted by molar-refractivity contribution is 0.182. The van der Waals surface area contributed by atoms with Gasteiger partial charge in [-0.2, -0.15) is 0 Å². The van der Waals surface area contributed by atoms with Gasteiger partial charge in [0.25, 0.3) is 0 Å². The van der Waals surface area contributed by atoms with Crippen molar-refractivity contribution < 1.29 is 4.39 Å². The van der Waals surface area contributed by atoms with Crippen molar-refractivity contribution in [3.05, 3.63) is 34.1 Å². The summed E-state index contributed by atoms with van der Waals surface area (Å²) in [6.45, 7) is 9.88. The summed E-state index contributed by atoms with van der Waals surface area (Å²) in [4.78, 5) is 2.57. The topological polar surface area (TPSA) is 15.3 Å². The summed E-state index contributed by atoms with van der Waals surface area (Å²) in [7, 11) is 0. The van der Waals surface area contributed by atoms with Gasteiger partial charge < -0.3 is 5.32 Å². The molecule has 1 aromatic carbocycles. The smallest absolute Gasteiger partial charge is 0.128 e. The summed E-state index contributed by atoms with van der Waals surface area (Å²) in [6.07, 6.45) is 2.61. The normalized spacial score (nSPS) is 19.1. The number of hydrogen-bond acceptors (Lipinski definition) is 2. The van der Waals surface area contributed by atoms with E-state index in [2.05, 4.69) is 40.0 Å². The molecule has 0 spiro atoms. The minimum atomic E-state index is -0.138. The molecule has 2 unspecified atom stereocenters. The second-order valence-electron chi connectivity index (χ2n) is 6.35. The molecule has 0 amide bonds. The first kappa shape index (κ1) is 16.9. The molecule has 1 aliphatic rings. The van der Waals surface area contributed by atoms with Gasteiger partial charge in [0.15, 0.2) is 0 Å². The molecular weight excluding hydrogens is 331 g/mol. The predicted molar refractivity (Wildman–Crippen MR) is 90.0 cm³/mol. The van der Waals surface area contributed by atoms with Crippen LogP contribution in [0.15, 0.2) is 22.7 Å². The van der Waals surface area contributed by atoms with Crippen LogP contribution in [0.2, 0.25) is 0 Å². The highest BCUT2D eigenvalue weighted by molar-refractivity contribution is 9.10. The van der Waals surface area contributed by atoms with E-state index in [0.29, 0.717) is 12.0 Å². The average Bonchev–Trinajstić information content (AvgIpc) is 2.95. The maximum atomic E-state index is 13.9. The first-order valence-electron chi connectivity index (χ1n) is 7.91. The van der Waals surface area contributed by atoms with E-state index in [9.17, 15) is 4.39 Å². The summed E-state index contributed by atoms with van der Waals surface area (Å²) >= 11 is 3.42. The third kappa shape index (κ3) is 4.51. The van der Waals surface area contributed by atoms with Crippen LogP contribution in [0.25, 0.3) is 0 Å². The monoisotopic (exact) mass is 356 g/mol. The van der Waals surface area contributed by atoms with E-state index in [1.807, 2.05) is 13.0 Å². The van der Waals surface area contributed by atoms with Crippen molar-refractivity contribution in [2.75, 3.05) is 19.6 Å². The molecule has 2 rings (SSSR count). The number of benzene rings is 1. The molecule has 1 fully saturated rings. The Labute approximate surface area is 136 Å². The molecule has 118 valence electrons. The van der Waals surface area contributed by atoms with Crippen molar-refractivity contribution in [3.8, 4) is 0 Å². The molecule has 0 bridgehead atoms. The van der Waals surface area contributed by atoms with Crippen LogP contribution < -0.4 is 5.32 Å². The fraction of sp³-hybridized carbons (Fsp3) is 0.647. The third-order valence-electron chi connectivity index (χ3n) is 4.44. The van der Waals surface area contributed by atoms with E-state index in [0.717, 1.165) is 16.6 Å². The molecule has 0 aliphatic carbocycles. The van der Waals surface area contributed by atoms with Crippen molar-refractivity contribution in [1.82, 2.24) is 10.2 Å². The first-order valence-corrected chi connectivity index (χ1v) is 8.70. The Hall–Kier alpha value is -0.450. The van der Waals surface area contributed by atoms with E-state index >= 15 is 0 Å². The van der Waals surface area contributed by atoms with Crippen LogP contribution in [0.5, 0.6) is 0 Å². The van der Waals surface area contributed by atoms with Gasteiger partial charge in [0.05, 0.1) is 0 Å². The molecule has 1 heterocycles. The molecule has 1 aromatic rings. The van der Waals surface area contributed by atoms with E-state index in [1.165, 1.54) is 32.0 Å². The number of hydrogen-bond donors (Lipinski definition) is 1. The molecule has 1 saturated heterocycles. The standard InChI is InChI=1S/C17H26BrFN2/c1-12(2)17(21-8-4-5-9-21)11-20-13(3)15-10-14(18)6-7-16(15)19/h6-7,10,12-13,17,20H,4-5,8-9,11H2,1-3H3. The zero-order valence-corrected chi connectivity index (χ0v) is 14.8. The molecule has 2 atom stereocenters. The van der Waals surface area contributed by atoms with E-state index < -0.39 is 0 Å². The maximum Gasteiger partial charge on any atom is 0.128 e. The van der Waals surface area contributed by atoms with Gasteiger partial charge in [0.2, 0.25) is 0 Å². The van der Waals surface area contributed by atoms with Gasteiger partial charge in [0, 0.05) is 28.7 Å². The quantitative estimate of drug-likeness (QED) is 0.814. The largest absolute Gasteiger partial charge is 0.309 e. The minimum Gasteiger partial charge on any atom is -0.309 e. The number of nitrogens with zero attached hydrogens (tertiary/aromatic N) is 1. The van der Waals surface area contributed by atoms with Gasteiger partial charge in [-0.1, -0.05) is 29.8 Å². The van der Waals surface area contributed by atoms with E-state index in [4.69, 9.17) is 0 Å². The van der Waals surface area contributed by atoms with Crippen LogP contribution in [0.4, 0.5) is 4.39 Å². The molecule has 4 heteroatoms. The van der Waals surface area contributed by atoms with Crippen LogP contribution >= 0.6 is 15.9 Å². The molecule has 0 saturated carbocycles. The van der Waals surface area contributed by atoms with Gasteiger partial charge in [-0.05, 0) is 57.0 Å².